The van der Waals surface area contributed by atoms with Crippen molar-refractivity contribution in [3.05, 3.63) is 53.6 Å². The van der Waals surface area contributed by atoms with E-state index in [4.69, 9.17) is 10.5 Å². The lowest BCUT2D eigenvalue weighted by Gasteiger charge is -1.97. The molecule has 94 valence electrons. The minimum absolute atomic E-state index is 0.397. The molecule has 3 rings (SSSR count). The first-order chi connectivity index (χ1) is 9.80. The molecular formula is C15H9N4S+. The van der Waals surface area contributed by atoms with Crippen molar-refractivity contribution < 1.29 is 4.98 Å². The van der Waals surface area contributed by atoms with Gasteiger partial charge in [0.25, 0.3) is 0 Å². The fourth-order valence-corrected chi connectivity index (χ4v) is 2.79. The molecule has 0 saturated heterocycles. The molecule has 2 N–H and O–H groups in total. The van der Waals surface area contributed by atoms with Crippen LogP contribution in [0.1, 0.15) is 11.1 Å². The predicted molar refractivity (Wildman–Crippen MR) is 74.8 cm³/mol. The average Bonchev–Trinajstić information content (AvgIpc) is 2.89. The van der Waals surface area contributed by atoms with Gasteiger partial charge in [0.2, 0.25) is 0 Å². The molecule has 1 aromatic heterocycles. The monoisotopic (exact) mass is 277 g/mol. The predicted octanol–water partition coefficient (Wildman–Crippen LogP) is 2.88. The highest BCUT2D eigenvalue weighted by Crippen LogP contribution is 2.26. The topological polar surface area (TPSA) is 77.5 Å². The summed E-state index contributed by atoms with van der Waals surface area (Å²) in [5, 5.41) is 18.8. The number of benzene rings is 2. The molecule has 0 radical (unpaired) electrons. The van der Waals surface area contributed by atoms with E-state index in [-0.39, 0.29) is 0 Å². The first kappa shape index (κ1) is 12.3. The molecule has 0 atom stereocenters. The van der Waals surface area contributed by atoms with Crippen LogP contribution in [0.4, 0.5) is 0 Å². The third-order valence-corrected chi connectivity index (χ3v) is 3.77. The molecule has 1 heterocycles. The van der Waals surface area contributed by atoms with Crippen LogP contribution in [0.5, 0.6) is 0 Å². The number of fused-ring (bicyclic) bond motifs is 1. The van der Waals surface area contributed by atoms with Gasteiger partial charge in [0.1, 0.15) is 12.1 Å². The van der Waals surface area contributed by atoms with E-state index in [2.05, 4.69) is 9.97 Å². The zero-order chi connectivity index (χ0) is 13.9. The Morgan fingerprint density at radius 1 is 1.00 bits per heavy atom. The molecule has 0 aliphatic rings. The van der Waals surface area contributed by atoms with E-state index in [1.54, 1.807) is 12.1 Å². The normalized spacial score (nSPS) is 10.1. The number of para-hydroxylation sites is 2. The van der Waals surface area contributed by atoms with Gasteiger partial charge in [0, 0.05) is 4.90 Å². The summed E-state index contributed by atoms with van der Waals surface area (Å²) in [6.07, 6.45) is 0. The van der Waals surface area contributed by atoms with E-state index in [1.807, 2.05) is 42.5 Å². The van der Waals surface area contributed by atoms with Crippen LogP contribution in [0.15, 0.2) is 52.5 Å². The van der Waals surface area contributed by atoms with Gasteiger partial charge in [-0.25, -0.2) is 9.97 Å². The van der Waals surface area contributed by atoms with Crippen LogP contribution >= 0.6 is 11.8 Å². The third kappa shape index (κ3) is 2.23. The fraction of sp³-hybridized carbons (Fsp3) is 0. The Kier molecular flexibility index (Phi) is 3.12. The van der Waals surface area contributed by atoms with Crippen molar-refractivity contribution in [1.82, 2.24) is 4.98 Å². The van der Waals surface area contributed by atoms with Gasteiger partial charge in [-0.1, -0.05) is 12.1 Å². The second-order valence-corrected chi connectivity index (χ2v) is 5.24. The number of aromatic amines is 2. The Bertz CT molecular complexity index is 834. The summed E-state index contributed by atoms with van der Waals surface area (Å²) in [5.41, 5.74) is 2.86. The molecule has 3 aromatic rings. The molecule has 20 heavy (non-hydrogen) atoms. The molecular weight excluding hydrogens is 268 g/mol. The maximum Gasteiger partial charge on any atom is 0.319 e. The number of aromatic nitrogens is 2. The number of hydrogen-bond acceptors (Lipinski definition) is 3. The number of nitrogens with one attached hydrogen (secondary N) is 2. The van der Waals surface area contributed by atoms with Gasteiger partial charge in [-0.15, -0.1) is 0 Å². The number of rotatable bonds is 2. The van der Waals surface area contributed by atoms with Gasteiger partial charge in [0.05, 0.1) is 11.1 Å². The summed E-state index contributed by atoms with van der Waals surface area (Å²) < 4.78 is 0. The molecule has 0 amide bonds. The highest BCUT2D eigenvalue weighted by atomic mass is 32.2. The molecule has 2 aromatic carbocycles. The van der Waals surface area contributed by atoms with Crippen molar-refractivity contribution in [1.29, 1.82) is 10.5 Å². The number of imidazole rings is 1. The molecule has 0 aliphatic heterocycles. The summed E-state index contributed by atoms with van der Waals surface area (Å²) in [4.78, 5) is 7.45. The van der Waals surface area contributed by atoms with E-state index < -0.39 is 0 Å². The van der Waals surface area contributed by atoms with E-state index in [9.17, 15) is 0 Å². The van der Waals surface area contributed by atoms with Crippen LogP contribution in [0.25, 0.3) is 11.0 Å². The number of nitriles is 2. The zero-order valence-electron chi connectivity index (χ0n) is 10.3. The van der Waals surface area contributed by atoms with E-state index in [0.717, 1.165) is 21.1 Å². The molecule has 4 nitrogen and oxygen atoms in total. The van der Waals surface area contributed by atoms with Crippen molar-refractivity contribution in [3.63, 3.8) is 0 Å². The Morgan fingerprint density at radius 3 is 2.55 bits per heavy atom. The Morgan fingerprint density at radius 2 is 1.80 bits per heavy atom. The lowest BCUT2D eigenvalue weighted by Crippen LogP contribution is -2.00. The molecule has 5 heteroatoms. The van der Waals surface area contributed by atoms with Crippen molar-refractivity contribution in [2.24, 2.45) is 0 Å². The second kappa shape index (κ2) is 5.08. The smallest absolute Gasteiger partial charge is 0.231 e. The van der Waals surface area contributed by atoms with E-state index in [0.29, 0.717) is 11.1 Å². The summed E-state index contributed by atoms with van der Waals surface area (Å²) >= 11 is 1.49. The lowest BCUT2D eigenvalue weighted by atomic mass is 10.1. The van der Waals surface area contributed by atoms with Gasteiger partial charge in [0.15, 0.2) is 11.0 Å². The summed E-state index contributed by atoms with van der Waals surface area (Å²) in [6.45, 7) is 0. The molecule has 0 saturated carbocycles. The van der Waals surface area contributed by atoms with E-state index in [1.165, 1.54) is 11.8 Å². The van der Waals surface area contributed by atoms with Crippen LogP contribution in [0.3, 0.4) is 0 Å². The standard InChI is InChI=1S/C15H8N4S/c16-8-10-5-6-12(7-11(10)9-17)20-15-18-13-3-1-2-4-14(13)19-15/h1-7H,(H,18,19)/p+1. The maximum absolute atomic E-state index is 9.03. The van der Waals surface area contributed by atoms with Gasteiger partial charge in [-0.2, -0.15) is 10.5 Å². The van der Waals surface area contributed by atoms with E-state index >= 15 is 0 Å². The minimum Gasteiger partial charge on any atom is -0.231 e. The van der Waals surface area contributed by atoms with Crippen LogP contribution < -0.4 is 4.98 Å². The average molecular weight is 277 g/mol. The first-order valence-corrected chi connectivity index (χ1v) is 6.74. The number of hydrogen-bond donors (Lipinski definition) is 1. The molecule has 0 aliphatic carbocycles. The Hall–Kier alpha value is -2.76. The Balaban J connectivity index is 1.95. The summed E-state index contributed by atoms with van der Waals surface area (Å²) in [5.74, 6) is 0. The molecule has 0 unspecified atom stereocenters. The van der Waals surface area contributed by atoms with Crippen LogP contribution in [0.2, 0.25) is 0 Å². The van der Waals surface area contributed by atoms with Crippen LogP contribution in [-0.4, -0.2) is 4.98 Å². The summed E-state index contributed by atoms with van der Waals surface area (Å²) in [6, 6.07) is 17.2. The fourth-order valence-electron chi connectivity index (χ4n) is 1.92. The third-order valence-electron chi connectivity index (χ3n) is 2.88. The lowest BCUT2D eigenvalue weighted by molar-refractivity contribution is -0.396. The van der Waals surface area contributed by atoms with Gasteiger partial charge >= 0.3 is 5.16 Å². The minimum atomic E-state index is 0.397. The van der Waals surface area contributed by atoms with Crippen molar-refractivity contribution in [2.45, 2.75) is 10.1 Å². The SMILES string of the molecule is N#Cc1ccc(Sc2[nH]c3ccccc3[nH+]2)cc1C#N. The van der Waals surface area contributed by atoms with Crippen LogP contribution in [0, 0.1) is 22.7 Å². The van der Waals surface area contributed by atoms with Crippen molar-refractivity contribution in [3.8, 4) is 12.1 Å². The zero-order valence-corrected chi connectivity index (χ0v) is 11.2. The van der Waals surface area contributed by atoms with Crippen molar-refractivity contribution >= 4 is 22.8 Å². The summed E-state index contributed by atoms with van der Waals surface area (Å²) in [7, 11) is 0. The Labute approximate surface area is 119 Å². The highest BCUT2D eigenvalue weighted by molar-refractivity contribution is 7.99. The molecule has 0 fully saturated rings. The van der Waals surface area contributed by atoms with Gasteiger partial charge in [-0.05, 0) is 42.1 Å². The molecule has 0 bridgehead atoms. The number of H-pyrrole nitrogens is 2. The van der Waals surface area contributed by atoms with Crippen molar-refractivity contribution in [2.75, 3.05) is 0 Å². The highest BCUT2D eigenvalue weighted by Gasteiger charge is 2.12. The largest absolute Gasteiger partial charge is 0.319 e. The van der Waals surface area contributed by atoms with Gasteiger partial charge < -0.3 is 0 Å². The maximum atomic E-state index is 9.03. The second-order valence-electron chi connectivity index (χ2n) is 4.16. The van der Waals surface area contributed by atoms with Crippen LogP contribution in [-0.2, 0) is 0 Å². The first-order valence-electron chi connectivity index (χ1n) is 5.92. The quantitative estimate of drug-likeness (QED) is 0.782. The van der Waals surface area contributed by atoms with Gasteiger partial charge in [-0.3, -0.25) is 0 Å². The molecule has 0 spiro atoms. The number of nitrogens with zero attached hydrogens (tertiary/aromatic N) is 2.